The summed E-state index contributed by atoms with van der Waals surface area (Å²) in [7, 11) is 1.38. The van der Waals surface area contributed by atoms with Crippen LogP contribution in [0.25, 0.3) is 0 Å². The van der Waals surface area contributed by atoms with Crippen LogP contribution in [0.1, 0.15) is 15.9 Å². The predicted molar refractivity (Wildman–Crippen MR) is 62.9 cm³/mol. The van der Waals surface area contributed by atoms with E-state index in [-0.39, 0.29) is 5.97 Å². The van der Waals surface area contributed by atoms with E-state index in [1.54, 1.807) is 6.07 Å². The van der Waals surface area contributed by atoms with Crippen molar-refractivity contribution < 1.29 is 9.53 Å². The number of methoxy groups -OCH3 is 1. The lowest BCUT2D eigenvalue weighted by Crippen LogP contribution is -2.04. The van der Waals surface area contributed by atoms with Crippen molar-refractivity contribution in [3.8, 4) is 0 Å². The topological polar surface area (TPSA) is 26.3 Å². The minimum Gasteiger partial charge on any atom is -0.465 e. The third-order valence-corrected chi connectivity index (χ3v) is 4.41. The van der Waals surface area contributed by atoms with Gasteiger partial charge in [-0.2, -0.15) is 0 Å². The molecular weight excluding hydrogens is 347 g/mol. The number of hydrogen-bond acceptors (Lipinski definition) is 2. The lowest BCUT2D eigenvalue weighted by molar-refractivity contribution is 0.0600. The van der Waals surface area contributed by atoms with E-state index in [0.717, 1.165) is 13.6 Å². The molecule has 0 bridgehead atoms. The summed E-state index contributed by atoms with van der Waals surface area (Å²) in [5.41, 5.74) is 1.52. The van der Waals surface area contributed by atoms with Gasteiger partial charge in [0.1, 0.15) is 0 Å². The fraction of sp³-hybridized carbons (Fsp3) is 0.222. The molecule has 0 aromatic heterocycles. The van der Waals surface area contributed by atoms with Gasteiger partial charge in [-0.1, -0.05) is 0 Å². The minimum atomic E-state index is -0.297. The molecule has 0 fully saturated rings. The number of carbonyl (C=O) groups excluding carboxylic acids is 1. The first-order valence-corrected chi connectivity index (χ1v) is 5.48. The van der Waals surface area contributed by atoms with Gasteiger partial charge in [0.25, 0.3) is 0 Å². The first-order chi connectivity index (χ1) is 6.07. The third kappa shape index (κ3) is 2.22. The van der Waals surface area contributed by atoms with E-state index in [1.165, 1.54) is 7.11 Å². The summed E-state index contributed by atoms with van der Waals surface area (Å²) < 4.78 is 6.69. The van der Waals surface area contributed by atoms with E-state index in [4.69, 9.17) is 0 Å². The standard InChI is InChI=1S/C9H8BrIO2/c1-5-6(9(12)13-2)3-4-7(11)8(5)10/h3-4H,1-2H3. The Hall–Kier alpha value is -0.100. The fourth-order valence-corrected chi connectivity index (χ4v) is 1.91. The molecule has 1 aromatic rings. The van der Waals surface area contributed by atoms with Gasteiger partial charge in [0, 0.05) is 8.04 Å². The van der Waals surface area contributed by atoms with Gasteiger partial charge < -0.3 is 4.74 Å². The average molecular weight is 355 g/mol. The number of carbonyl (C=O) groups is 1. The average Bonchev–Trinajstić information content (AvgIpc) is 2.13. The Kier molecular flexibility index (Phi) is 3.73. The molecule has 0 saturated carbocycles. The molecule has 0 radical (unpaired) electrons. The van der Waals surface area contributed by atoms with E-state index >= 15 is 0 Å². The monoisotopic (exact) mass is 354 g/mol. The molecule has 0 saturated heterocycles. The second-order valence-electron chi connectivity index (χ2n) is 2.53. The van der Waals surface area contributed by atoms with Crippen molar-refractivity contribution >= 4 is 44.5 Å². The number of hydrogen-bond donors (Lipinski definition) is 0. The summed E-state index contributed by atoms with van der Waals surface area (Å²) in [6.45, 7) is 1.89. The lowest BCUT2D eigenvalue weighted by Gasteiger charge is -2.06. The van der Waals surface area contributed by atoms with Gasteiger partial charge >= 0.3 is 5.97 Å². The number of benzene rings is 1. The van der Waals surface area contributed by atoms with Gasteiger partial charge in [-0.05, 0) is 63.1 Å². The molecule has 0 aliphatic heterocycles. The van der Waals surface area contributed by atoms with Crippen LogP contribution < -0.4 is 0 Å². The summed E-state index contributed by atoms with van der Waals surface area (Å²) in [4.78, 5) is 11.3. The number of rotatable bonds is 1. The van der Waals surface area contributed by atoms with E-state index in [0.29, 0.717) is 5.56 Å². The van der Waals surface area contributed by atoms with E-state index in [1.807, 2.05) is 13.0 Å². The summed E-state index contributed by atoms with van der Waals surface area (Å²) in [6.07, 6.45) is 0. The molecule has 0 aliphatic rings. The van der Waals surface area contributed by atoms with Crippen molar-refractivity contribution in [3.05, 3.63) is 31.3 Å². The molecule has 0 amide bonds. The van der Waals surface area contributed by atoms with Crippen LogP contribution in [0.4, 0.5) is 0 Å². The molecule has 1 rings (SSSR count). The summed E-state index contributed by atoms with van der Waals surface area (Å²) in [5, 5.41) is 0. The maximum absolute atomic E-state index is 11.3. The molecule has 0 heterocycles. The number of halogens is 2. The van der Waals surface area contributed by atoms with Crippen molar-refractivity contribution in [2.45, 2.75) is 6.92 Å². The zero-order valence-corrected chi connectivity index (χ0v) is 11.0. The van der Waals surface area contributed by atoms with Crippen molar-refractivity contribution in [3.63, 3.8) is 0 Å². The van der Waals surface area contributed by atoms with Crippen LogP contribution in [-0.4, -0.2) is 13.1 Å². The highest BCUT2D eigenvalue weighted by Gasteiger charge is 2.12. The molecule has 4 heteroatoms. The highest BCUT2D eigenvalue weighted by molar-refractivity contribution is 14.1. The molecule has 0 spiro atoms. The molecule has 0 atom stereocenters. The maximum Gasteiger partial charge on any atom is 0.338 e. The van der Waals surface area contributed by atoms with E-state index in [9.17, 15) is 4.79 Å². The molecule has 0 N–H and O–H groups in total. The Bertz CT molecular complexity index is 350. The van der Waals surface area contributed by atoms with Crippen LogP contribution in [-0.2, 0) is 4.74 Å². The Morgan fingerprint density at radius 2 is 2.15 bits per heavy atom. The van der Waals surface area contributed by atoms with Crippen LogP contribution in [0.2, 0.25) is 0 Å². The quantitative estimate of drug-likeness (QED) is 0.572. The number of ether oxygens (including phenoxy) is 1. The Labute approximate surface area is 98.9 Å². The van der Waals surface area contributed by atoms with E-state index in [2.05, 4.69) is 43.3 Å². The fourth-order valence-electron chi connectivity index (χ4n) is 0.983. The van der Waals surface area contributed by atoms with Gasteiger partial charge in [0.15, 0.2) is 0 Å². The van der Waals surface area contributed by atoms with E-state index < -0.39 is 0 Å². The van der Waals surface area contributed by atoms with Gasteiger partial charge in [-0.3, -0.25) is 0 Å². The normalized spacial score (nSPS) is 9.85. The Morgan fingerprint density at radius 1 is 1.54 bits per heavy atom. The lowest BCUT2D eigenvalue weighted by atomic mass is 10.1. The molecule has 0 aliphatic carbocycles. The number of esters is 1. The van der Waals surface area contributed by atoms with Crippen LogP contribution in [0.5, 0.6) is 0 Å². The van der Waals surface area contributed by atoms with Gasteiger partial charge in [-0.15, -0.1) is 0 Å². The van der Waals surface area contributed by atoms with Crippen LogP contribution in [0.3, 0.4) is 0 Å². The third-order valence-electron chi connectivity index (χ3n) is 1.74. The molecule has 13 heavy (non-hydrogen) atoms. The van der Waals surface area contributed by atoms with Crippen molar-refractivity contribution in [2.24, 2.45) is 0 Å². The second-order valence-corrected chi connectivity index (χ2v) is 4.48. The van der Waals surface area contributed by atoms with Crippen LogP contribution in [0.15, 0.2) is 16.6 Å². The molecule has 0 unspecified atom stereocenters. The predicted octanol–water partition coefficient (Wildman–Crippen LogP) is 3.15. The SMILES string of the molecule is COC(=O)c1ccc(I)c(Br)c1C. The highest BCUT2D eigenvalue weighted by Crippen LogP contribution is 2.26. The first kappa shape index (κ1) is 11.0. The molecule has 70 valence electrons. The molecular formula is C9H8BrIO2. The zero-order chi connectivity index (χ0) is 10.0. The van der Waals surface area contributed by atoms with Gasteiger partial charge in [0.05, 0.1) is 12.7 Å². The van der Waals surface area contributed by atoms with Crippen LogP contribution in [0, 0.1) is 10.5 Å². The second kappa shape index (κ2) is 4.41. The van der Waals surface area contributed by atoms with Gasteiger partial charge in [-0.25, -0.2) is 4.79 Å². The van der Waals surface area contributed by atoms with Crippen LogP contribution >= 0.6 is 38.5 Å². The summed E-state index contributed by atoms with van der Waals surface area (Å²) in [5.74, 6) is -0.297. The maximum atomic E-state index is 11.3. The molecule has 1 aromatic carbocycles. The Balaban J connectivity index is 3.26. The minimum absolute atomic E-state index is 0.297. The molecule has 2 nitrogen and oxygen atoms in total. The van der Waals surface area contributed by atoms with Crippen molar-refractivity contribution in [1.29, 1.82) is 0 Å². The van der Waals surface area contributed by atoms with Crippen molar-refractivity contribution in [2.75, 3.05) is 7.11 Å². The summed E-state index contributed by atoms with van der Waals surface area (Å²) in [6, 6.07) is 3.65. The smallest absolute Gasteiger partial charge is 0.338 e. The van der Waals surface area contributed by atoms with Gasteiger partial charge in [0.2, 0.25) is 0 Å². The summed E-state index contributed by atoms with van der Waals surface area (Å²) >= 11 is 5.62. The highest BCUT2D eigenvalue weighted by atomic mass is 127. The largest absolute Gasteiger partial charge is 0.465 e. The first-order valence-electron chi connectivity index (χ1n) is 3.61. The van der Waals surface area contributed by atoms with Crippen molar-refractivity contribution in [1.82, 2.24) is 0 Å². The zero-order valence-electron chi connectivity index (χ0n) is 7.23. The Morgan fingerprint density at radius 3 is 2.69 bits per heavy atom.